The Morgan fingerprint density at radius 1 is 1.33 bits per heavy atom. The zero-order chi connectivity index (χ0) is 14.4. The van der Waals surface area contributed by atoms with Crippen LogP contribution in [0.1, 0.15) is 25.8 Å². The lowest BCUT2D eigenvalue weighted by atomic mass is 9.90. The Bertz CT molecular complexity index is 671. The van der Waals surface area contributed by atoms with Gasteiger partial charge in [-0.2, -0.15) is 5.10 Å². The number of nitrogens with one attached hydrogen (secondary N) is 3. The summed E-state index contributed by atoms with van der Waals surface area (Å²) in [5, 5.41) is 14.6. The van der Waals surface area contributed by atoms with E-state index in [2.05, 4.69) is 40.7 Å². The van der Waals surface area contributed by atoms with Gasteiger partial charge in [0.1, 0.15) is 11.4 Å². The minimum Gasteiger partial charge on any atom is -0.482 e. The first-order valence-electron chi connectivity index (χ1n) is 7.50. The first kappa shape index (κ1) is 12.7. The molecule has 1 atom stereocenters. The van der Waals surface area contributed by atoms with Gasteiger partial charge in [-0.3, -0.25) is 5.10 Å². The standard InChI is InChI=1S/C16H20N4O/c1-16(2)13-14(11-5-3-4-6-12(11)21-16)19-20-15(13)18-10-7-8-17-9-10/h3-6,10,17H,7-9H2,1-2H3,(H2,18,19,20). The van der Waals surface area contributed by atoms with Crippen molar-refractivity contribution in [1.82, 2.24) is 15.5 Å². The normalized spacial score (nSPS) is 22.3. The number of para-hydroxylation sites is 1. The number of nitrogens with zero attached hydrogens (tertiary/aromatic N) is 1. The second-order valence-electron chi connectivity index (χ2n) is 6.26. The van der Waals surface area contributed by atoms with E-state index >= 15 is 0 Å². The average Bonchev–Trinajstić information content (AvgIpc) is 3.09. The summed E-state index contributed by atoms with van der Waals surface area (Å²) in [6.45, 7) is 6.23. The summed E-state index contributed by atoms with van der Waals surface area (Å²) in [5.41, 5.74) is 2.87. The van der Waals surface area contributed by atoms with Crippen LogP contribution in [-0.4, -0.2) is 29.3 Å². The van der Waals surface area contributed by atoms with Gasteiger partial charge in [0.2, 0.25) is 0 Å². The highest BCUT2D eigenvalue weighted by atomic mass is 16.5. The molecule has 5 heteroatoms. The van der Waals surface area contributed by atoms with Crippen molar-refractivity contribution >= 4 is 5.82 Å². The topological polar surface area (TPSA) is 62.0 Å². The molecule has 0 spiro atoms. The third-order valence-electron chi connectivity index (χ3n) is 4.29. The lowest BCUT2D eigenvalue weighted by Gasteiger charge is -2.33. The molecule has 0 saturated carbocycles. The second-order valence-corrected chi connectivity index (χ2v) is 6.26. The molecule has 0 radical (unpaired) electrons. The summed E-state index contributed by atoms with van der Waals surface area (Å²) < 4.78 is 6.19. The first-order valence-corrected chi connectivity index (χ1v) is 7.50. The van der Waals surface area contributed by atoms with Crippen molar-refractivity contribution in [3.8, 4) is 17.0 Å². The smallest absolute Gasteiger partial charge is 0.155 e. The summed E-state index contributed by atoms with van der Waals surface area (Å²) in [5.74, 6) is 1.82. The Morgan fingerprint density at radius 2 is 2.19 bits per heavy atom. The summed E-state index contributed by atoms with van der Waals surface area (Å²) >= 11 is 0. The van der Waals surface area contributed by atoms with Crippen LogP contribution in [0.2, 0.25) is 0 Å². The Hall–Kier alpha value is -2.01. The molecule has 2 aliphatic rings. The van der Waals surface area contributed by atoms with Crippen LogP contribution in [0.3, 0.4) is 0 Å². The molecule has 4 rings (SSSR count). The predicted octanol–water partition coefficient (Wildman–Crippen LogP) is 2.48. The van der Waals surface area contributed by atoms with Crippen molar-refractivity contribution in [1.29, 1.82) is 0 Å². The third-order valence-corrected chi connectivity index (χ3v) is 4.29. The van der Waals surface area contributed by atoms with Crippen LogP contribution in [0, 0.1) is 0 Å². The monoisotopic (exact) mass is 284 g/mol. The van der Waals surface area contributed by atoms with Gasteiger partial charge in [0.05, 0.1) is 11.3 Å². The molecule has 1 saturated heterocycles. The van der Waals surface area contributed by atoms with Crippen LogP contribution < -0.4 is 15.4 Å². The summed E-state index contributed by atoms with van der Waals surface area (Å²) in [4.78, 5) is 0. The molecule has 110 valence electrons. The fraction of sp³-hybridized carbons (Fsp3) is 0.438. The molecule has 5 nitrogen and oxygen atoms in total. The van der Waals surface area contributed by atoms with E-state index in [4.69, 9.17) is 4.74 Å². The van der Waals surface area contributed by atoms with E-state index in [-0.39, 0.29) is 0 Å². The van der Waals surface area contributed by atoms with Crippen LogP contribution >= 0.6 is 0 Å². The van der Waals surface area contributed by atoms with Gasteiger partial charge in [-0.15, -0.1) is 0 Å². The number of anilines is 1. The highest BCUT2D eigenvalue weighted by Crippen LogP contribution is 2.46. The minimum absolute atomic E-state index is 0.398. The molecular formula is C16H20N4O. The second kappa shape index (κ2) is 4.49. The number of ether oxygens (including phenoxy) is 1. The van der Waals surface area contributed by atoms with Gasteiger partial charge in [0.15, 0.2) is 5.82 Å². The number of fused-ring (bicyclic) bond motifs is 3. The molecule has 2 aromatic rings. The quantitative estimate of drug-likeness (QED) is 0.793. The van der Waals surface area contributed by atoms with E-state index in [9.17, 15) is 0 Å². The van der Waals surface area contributed by atoms with E-state index < -0.39 is 5.60 Å². The molecule has 1 aromatic carbocycles. The van der Waals surface area contributed by atoms with E-state index in [0.29, 0.717) is 6.04 Å². The zero-order valence-corrected chi connectivity index (χ0v) is 12.4. The number of rotatable bonds is 2. The molecule has 0 aliphatic carbocycles. The Labute approximate surface area is 124 Å². The molecule has 2 aliphatic heterocycles. The zero-order valence-electron chi connectivity index (χ0n) is 12.4. The SMILES string of the molecule is CC1(C)Oc2ccccc2-c2[nH]nc(NC3CCNC3)c21. The molecule has 1 unspecified atom stereocenters. The van der Waals surface area contributed by atoms with Crippen LogP contribution in [0.25, 0.3) is 11.3 Å². The lowest BCUT2D eigenvalue weighted by Crippen LogP contribution is -2.31. The van der Waals surface area contributed by atoms with E-state index in [1.165, 1.54) is 0 Å². The number of H-pyrrole nitrogens is 1. The number of benzene rings is 1. The molecule has 3 N–H and O–H groups in total. The molecule has 0 bridgehead atoms. The Balaban J connectivity index is 1.79. The summed E-state index contributed by atoms with van der Waals surface area (Å²) in [6.07, 6.45) is 1.12. The van der Waals surface area contributed by atoms with E-state index in [0.717, 1.165) is 47.9 Å². The molecule has 21 heavy (non-hydrogen) atoms. The molecule has 1 aromatic heterocycles. The fourth-order valence-corrected chi connectivity index (χ4v) is 3.29. The Kier molecular flexibility index (Phi) is 2.72. The number of hydrogen-bond donors (Lipinski definition) is 3. The van der Waals surface area contributed by atoms with Gasteiger partial charge in [0.25, 0.3) is 0 Å². The number of aromatic nitrogens is 2. The third kappa shape index (κ3) is 2.00. The fourth-order valence-electron chi connectivity index (χ4n) is 3.29. The van der Waals surface area contributed by atoms with Crippen molar-refractivity contribution in [2.24, 2.45) is 0 Å². The predicted molar refractivity (Wildman–Crippen MR) is 82.6 cm³/mol. The maximum absolute atomic E-state index is 6.19. The maximum atomic E-state index is 6.19. The van der Waals surface area contributed by atoms with Gasteiger partial charge in [-0.25, -0.2) is 0 Å². The van der Waals surface area contributed by atoms with Crippen molar-refractivity contribution in [2.45, 2.75) is 31.9 Å². The molecule has 1 fully saturated rings. The van der Waals surface area contributed by atoms with Crippen LogP contribution in [0.4, 0.5) is 5.82 Å². The van der Waals surface area contributed by atoms with Gasteiger partial charge in [-0.1, -0.05) is 12.1 Å². The number of hydrogen-bond acceptors (Lipinski definition) is 4. The highest BCUT2D eigenvalue weighted by Gasteiger charge is 2.37. The van der Waals surface area contributed by atoms with Gasteiger partial charge < -0.3 is 15.4 Å². The Morgan fingerprint density at radius 3 is 3.00 bits per heavy atom. The molecule has 0 amide bonds. The van der Waals surface area contributed by atoms with E-state index in [1.807, 2.05) is 18.2 Å². The largest absolute Gasteiger partial charge is 0.482 e. The van der Waals surface area contributed by atoms with Gasteiger partial charge in [0, 0.05) is 18.2 Å². The van der Waals surface area contributed by atoms with Crippen molar-refractivity contribution in [3.05, 3.63) is 29.8 Å². The van der Waals surface area contributed by atoms with Gasteiger partial charge >= 0.3 is 0 Å². The lowest BCUT2D eigenvalue weighted by molar-refractivity contribution is 0.106. The average molecular weight is 284 g/mol. The van der Waals surface area contributed by atoms with Crippen LogP contribution in [0.15, 0.2) is 24.3 Å². The maximum Gasteiger partial charge on any atom is 0.155 e. The van der Waals surface area contributed by atoms with Gasteiger partial charge in [-0.05, 0) is 38.9 Å². The first-order chi connectivity index (χ1) is 10.1. The van der Waals surface area contributed by atoms with Crippen LogP contribution in [-0.2, 0) is 5.60 Å². The van der Waals surface area contributed by atoms with Crippen molar-refractivity contribution < 1.29 is 4.74 Å². The van der Waals surface area contributed by atoms with Crippen molar-refractivity contribution in [3.63, 3.8) is 0 Å². The minimum atomic E-state index is -0.398. The summed E-state index contributed by atoms with van der Waals surface area (Å²) in [7, 11) is 0. The molecular weight excluding hydrogens is 264 g/mol. The van der Waals surface area contributed by atoms with E-state index in [1.54, 1.807) is 0 Å². The van der Waals surface area contributed by atoms with Crippen LogP contribution in [0.5, 0.6) is 5.75 Å². The molecule has 3 heterocycles. The highest BCUT2D eigenvalue weighted by molar-refractivity contribution is 5.77. The number of aromatic amines is 1. The summed E-state index contributed by atoms with van der Waals surface area (Å²) in [6, 6.07) is 8.54. The van der Waals surface area contributed by atoms with Crippen molar-refractivity contribution in [2.75, 3.05) is 18.4 Å².